The van der Waals surface area contributed by atoms with Gasteiger partial charge < -0.3 is 20.9 Å². The second-order valence-corrected chi connectivity index (χ2v) is 9.39. The van der Waals surface area contributed by atoms with Gasteiger partial charge in [-0.05, 0) is 49.4 Å². The molecule has 8 nitrogen and oxygen atoms in total. The molecule has 0 bridgehead atoms. The van der Waals surface area contributed by atoms with Crippen LogP contribution in [0, 0.1) is 0 Å². The molecule has 0 atom stereocenters. The van der Waals surface area contributed by atoms with E-state index in [0.29, 0.717) is 12.1 Å². The highest BCUT2D eigenvalue weighted by Crippen LogP contribution is 2.39. The lowest BCUT2D eigenvalue weighted by Crippen LogP contribution is -2.33. The third-order valence-electron chi connectivity index (χ3n) is 5.11. The van der Waals surface area contributed by atoms with Gasteiger partial charge in [0.05, 0.1) is 11.9 Å². The minimum atomic E-state index is -0.0744. The van der Waals surface area contributed by atoms with Crippen molar-refractivity contribution in [2.45, 2.75) is 30.6 Å². The van der Waals surface area contributed by atoms with Gasteiger partial charge in [0.2, 0.25) is 12.3 Å². The summed E-state index contributed by atoms with van der Waals surface area (Å²) >= 11 is 6.18. The quantitative estimate of drug-likeness (QED) is 0.299. The van der Waals surface area contributed by atoms with Crippen molar-refractivity contribution in [3.05, 3.63) is 35.0 Å². The number of nitrogens with one attached hydrogen (secondary N) is 1. The molecule has 2 amide bonds. The Hall–Kier alpha value is -2.85. The number of thiol groups is 1. The van der Waals surface area contributed by atoms with Crippen LogP contribution in [-0.4, -0.2) is 59.8 Å². The molecule has 0 radical (unpaired) electrons. The Morgan fingerprint density at radius 1 is 1.25 bits per heavy atom. The Balaban J connectivity index is 0.000000247. The fourth-order valence-corrected chi connectivity index (χ4v) is 4.78. The number of hydrogen-bond acceptors (Lipinski definition) is 8. The van der Waals surface area contributed by atoms with Gasteiger partial charge in [-0.3, -0.25) is 9.59 Å². The van der Waals surface area contributed by atoms with Gasteiger partial charge in [0.15, 0.2) is 0 Å². The molecule has 1 aromatic carbocycles. The van der Waals surface area contributed by atoms with E-state index < -0.39 is 0 Å². The van der Waals surface area contributed by atoms with Gasteiger partial charge in [0, 0.05) is 42.3 Å². The third kappa shape index (κ3) is 5.68. The molecular formula is C22H28N6O2S2. The molecule has 170 valence electrons. The zero-order valence-corrected chi connectivity index (χ0v) is 20.2. The van der Waals surface area contributed by atoms with Crippen molar-refractivity contribution in [2.24, 2.45) is 0 Å². The third-order valence-corrected chi connectivity index (χ3v) is 6.70. The summed E-state index contributed by atoms with van der Waals surface area (Å²) in [5.41, 5.74) is 8.86. The molecule has 0 aliphatic heterocycles. The Morgan fingerprint density at radius 3 is 2.69 bits per heavy atom. The smallest absolute Gasteiger partial charge is 0.241 e. The maximum Gasteiger partial charge on any atom is 0.241 e. The molecule has 3 aromatic rings. The lowest BCUT2D eigenvalue weighted by atomic mass is 9.97. The topological polar surface area (TPSA) is 104 Å². The number of nitrogen functional groups attached to an aromatic ring is 1. The summed E-state index contributed by atoms with van der Waals surface area (Å²) in [5.74, 6) is 0.802. The summed E-state index contributed by atoms with van der Waals surface area (Å²) in [4.78, 5) is 35.8. The second-order valence-electron chi connectivity index (χ2n) is 7.82. The van der Waals surface area contributed by atoms with E-state index >= 15 is 0 Å². The van der Waals surface area contributed by atoms with E-state index in [1.165, 1.54) is 44.9 Å². The second kappa shape index (κ2) is 10.6. The van der Waals surface area contributed by atoms with Gasteiger partial charge in [-0.15, -0.1) is 24.0 Å². The summed E-state index contributed by atoms with van der Waals surface area (Å²) in [6.07, 6.45) is 7.06. The van der Waals surface area contributed by atoms with Crippen molar-refractivity contribution in [2.75, 3.05) is 38.7 Å². The minimum Gasteiger partial charge on any atom is -0.398 e. The maximum absolute atomic E-state index is 10.8. The number of nitrogens with two attached hydrogens (primary N) is 1. The normalized spacial score (nSPS) is 12.4. The van der Waals surface area contributed by atoms with Crippen molar-refractivity contribution in [1.82, 2.24) is 19.8 Å². The van der Waals surface area contributed by atoms with Crippen LogP contribution in [0.4, 0.5) is 17.2 Å². The van der Waals surface area contributed by atoms with Crippen LogP contribution in [0.25, 0.3) is 10.2 Å². The molecule has 0 saturated heterocycles. The molecule has 0 fully saturated rings. The van der Waals surface area contributed by atoms with Gasteiger partial charge >= 0.3 is 0 Å². The van der Waals surface area contributed by atoms with Crippen LogP contribution in [0.5, 0.6) is 0 Å². The molecule has 3 N–H and O–H groups in total. The lowest BCUT2D eigenvalue weighted by molar-refractivity contribution is -0.132. The highest BCUT2D eigenvalue weighted by molar-refractivity contribution is 7.80. The van der Waals surface area contributed by atoms with E-state index in [2.05, 4.69) is 27.9 Å². The summed E-state index contributed by atoms with van der Waals surface area (Å²) in [7, 11) is 4.87. The van der Waals surface area contributed by atoms with E-state index in [9.17, 15) is 9.59 Å². The zero-order valence-electron chi connectivity index (χ0n) is 18.5. The van der Waals surface area contributed by atoms with Gasteiger partial charge in [0.25, 0.3) is 0 Å². The first kappa shape index (κ1) is 23.8. The van der Waals surface area contributed by atoms with Crippen LogP contribution in [-0.2, 0) is 22.4 Å². The van der Waals surface area contributed by atoms with E-state index in [1.807, 2.05) is 18.2 Å². The summed E-state index contributed by atoms with van der Waals surface area (Å²) in [5, 5.41) is 4.58. The number of benzene rings is 1. The van der Waals surface area contributed by atoms with Gasteiger partial charge in [-0.2, -0.15) is 0 Å². The molecule has 2 aromatic heterocycles. The first-order chi connectivity index (χ1) is 15.3. The molecule has 0 unspecified atom stereocenters. The van der Waals surface area contributed by atoms with Gasteiger partial charge in [0.1, 0.15) is 17.0 Å². The monoisotopic (exact) mass is 472 g/mol. The zero-order chi connectivity index (χ0) is 23.3. The number of nitrogens with zero attached hydrogens (tertiary/aromatic N) is 4. The van der Waals surface area contributed by atoms with E-state index in [4.69, 9.17) is 5.73 Å². The van der Waals surface area contributed by atoms with Crippen LogP contribution in [0.1, 0.15) is 23.3 Å². The largest absolute Gasteiger partial charge is 0.398 e. The maximum atomic E-state index is 10.8. The number of thiophene rings is 1. The highest BCUT2D eigenvalue weighted by Gasteiger charge is 2.19. The molecule has 1 aliphatic carbocycles. The number of anilines is 3. The summed E-state index contributed by atoms with van der Waals surface area (Å²) < 4.78 is 0. The number of likely N-dealkylation sites (N-methyl/N-ethyl adjacent to an activating group) is 2. The molecule has 4 rings (SSSR count). The average Bonchev–Trinajstić information content (AvgIpc) is 3.16. The van der Waals surface area contributed by atoms with Crippen LogP contribution >= 0.6 is 24.0 Å². The molecule has 0 saturated carbocycles. The van der Waals surface area contributed by atoms with Crippen molar-refractivity contribution < 1.29 is 9.59 Å². The van der Waals surface area contributed by atoms with E-state index in [-0.39, 0.29) is 12.5 Å². The molecular weight excluding hydrogens is 444 g/mol. The molecule has 1 aliphatic rings. The van der Waals surface area contributed by atoms with Crippen LogP contribution in [0.2, 0.25) is 0 Å². The number of aryl methyl sites for hydroxylation is 2. The fourth-order valence-electron chi connectivity index (χ4n) is 3.34. The number of carbonyl (C=O) groups is 2. The average molecular weight is 473 g/mol. The number of carbonyl (C=O) groups excluding carboxylic acids is 2. The Bertz CT molecular complexity index is 1120. The van der Waals surface area contributed by atoms with Crippen LogP contribution in [0.3, 0.4) is 0 Å². The lowest BCUT2D eigenvalue weighted by Gasteiger charge is -2.14. The van der Waals surface area contributed by atoms with Crippen LogP contribution in [0.15, 0.2) is 29.4 Å². The number of amides is 2. The molecule has 32 heavy (non-hydrogen) atoms. The predicted octanol–water partition coefficient (Wildman–Crippen LogP) is 3.35. The van der Waals surface area contributed by atoms with E-state index in [0.717, 1.165) is 27.7 Å². The Morgan fingerprint density at radius 2 is 2.00 bits per heavy atom. The fraction of sp³-hybridized carbons (Fsp3) is 0.364. The SMILES string of the molecule is CN(C=O)CC(=O)N(C)C.Nc1ccc(Nc2ncnc3sc4c(c23)CCCC4)cc1S. The molecule has 10 heteroatoms. The molecule has 0 spiro atoms. The Kier molecular flexibility index (Phi) is 7.92. The highest BCUT2D eigenvalue weighted by atomic mass is 32.1. The number of aromatic nitrogens is 2. The van der Waals surface area contributed by atoms with Gasteiger partial charge in [-0.1, -0.05) is 0 Å². The number of rotatable bonds is 5. The first-order valence-electron chi connectivity index (χ1n) is 10.3. The number of hydrogen-bond donors (Lipinski definition) is 3. The van der Waals surface area contributed by atoms with Crippen molar-refractivity contribution in [3.63, 3.8) is 0 Å². The molecule has 2 heterocycles. The number of fused-ring (bicyclic) bond motifs is 3. The van der Waals surface area contributed by atoms with Crippen LogP contribution < -0.4 is 11.1 Å². The van der Waals surface area contributed by atoms with Crippen molar-refractivity contribution >= 4 is 63.7 Å². The summed E-state index contributed by atoms with van der Waals surface area (Å²) in [6.45, 7) is 0.149. The van der Waals surface area contributed by atoms with Gasteiger partial charge in [-0.25, -0.2) is 9.97 Å². The standard InChI is InChI=1S/C16H16N4S2.C6H12N2O2/c17-11-6-5-9(7-12(11)21)20-15-14-10-3-1-2-4-13(10)22-16(14)19-8-18-15;1-7(2)6(10)4-8(3)5-9/h5-8,21H,1-4,17H2,(H,18,19,20);5H,4H2,1-3H3. The van der Waals surface area contributed by atoms with Crippen molar-refractivity contribution in [3.8, 4) is 0 Å². The van der Waals surface area contributed by atoms with Crippen molar-refractivity contribution in [1.29, 1.82) is 0 Å². The predicted molar refractivity (Wildman–Crippen MR) is 133 cm³/mol. The summed E-state index contributed by atoms with van der Waals surface area (Å²) in [6, 6.07) is 5.72. The minimum absolute atomic E-state index is 0.0744. The van der Waals surface area contributed by atoms with E-state index in [1.54, 1.807) is 38.8 Å². The Labute approximate surface area is 197 Å². The first-order valence-corrected chi connectivity index (χ1v) is 11.5.